The maximum absolute atomic E-state index is 12.4. The first-order chi connectivity index (χ1) is 14.0. The molecule has 2 rings (SSSR count). The third kappa shape index (κ3) is 6.43. The Balaban J connectivity index is 1.84. The van der Waals surface area contributed by atoms with Gasteiger partial charge in [-0.2, -0.15) is 0 Å². The average molecular weight is 427 g/mol. The largest absolute Gasteiger partial charge is 0.493 e. The lowest BCUT2D eigenvalue weighted by molar-refractivity contribution is -0.137. The second-order valence-corrected chi connectivity index (χ2v) is 7.63. The van der Waals surface area contributed by atoms with Crippen molar-refractivity contribution >= 4 is 23.6 Å². The summed E-state index contributed by atoms with van der Waals surface area (Å²) < 4.78 is 20.9. The topological polar surface area (TPSA) is 77.5 Å². The fourth-order valence-electron chi connectivity index (χ4n) is 3.22. The predicted octanol–water partition coefficient (Wildman–Crippen LogP) is 1.65. The molecule has 0 aliphatic carbocycles. The zero-order valence-electron chi connectivity index (χ0n) is 17.6. The van der Waals surface area contributed by atoms with Gasteiger partial charge in [-0.25, -0.2) is 0 Å². The number of thioether (sulfide) groups is 1. The van der Waals surface area contributed by atoms with Crippen LogP contribution in [0, 0.1) is 0 Å². The van der Waals surface area contributed by atoms with Crippen molar-refractivity contribution in [3.63, 3.8) is 0 Å². The molecule has 1 aromatic carbocycles. The molecule has 1 amide bonds. The number of nitrogens with zero attached hydrogens (tertiary/aromatic N) is 2. The Morgan fingerprint density at radius 2 is 1.66 bits per heavy atom. The first kappa shape index (κ1) is 23.2. The molecule has 0 spiro atoms. The van der Waals surface area contributed by atoms with Crippen LogP contribution < -0.4 is 14.2 Å². The van der Waals surface area contributed by atoms with Crippen molar-refractivity contribution in [2.75, 3.05) is 66.1 Å². The molecule has 9 heteroatoms. The Kier molecular flexibility index (Phi) is 9.40. The van der Waals surface area contributed by atoms with E-state index in [9.17, 15) is 9.59 Å². The number of methoxy groups -OCH3 is 4. The van der Waals surface area contributed by atoms with Crippen molar-refractivity contribution in [1.82, 2.24) is 9.80 Å². The molecule has 0 saturated carbocycles. The third-order valence-corrected chi connectivity index (χ3v) is 5.75. The van der Waals surface area contributed by atoms with Crippen LogP contribution in [-0.2, 0) is 20.9 Å². The van der Waals surface area contributed by atoms with Crippen LogP contribution in [0.5, 0.6) is 17.2 Å². The summed E-state index contributed by atoms with van der Waals surface area (Å²) in [6.45, 7) is 3.67. The van der Waals surface area contributed by atoms with E-state index in [4.69, 9.17) is 14.2 Å². The highest BCUT2D eigenvalue weighted by atomic mass is 32.2. The molecule has 0 unspecified atom stereocenters. The van der Waals surface area contributed by atoms with E-state index in [1.165, 1.54) is 18.9 Å². The molecule has 0 radical (unpaired) electrons. The van der Waals surface area contributed by atoms with E-state index in [2.05, 4.69) is 9.64 Å². The lowest BCUT2D eigenvalue weighted by Crippen LogP contribution is -2.48. The highest BCUT2D eigenvalue weighted by Gasteiger charge is 2.23. The summed E-state index contributed by atoms with van der Waals surface area (Å²) in [4.78, 5) is 27.6. The number of amides is 1. The van der Waals surface area contributed by atoms with Gasteiger partial charge < -0.3 is 23.8 Å². The summed E-state index contributed by atoms with van der Waals surface area (Å²) in [7, 11) is 6.18. The van der Waals surface area contributed by atoms with Crippen LogP contribution in [0.4, 0.5) is 0 Å². The van der Waals surface area contributed by atoms with Gasteiger partial charge in [0.15, 0.2) is 11.5 Å². The van der Waals surface area contributed by atoms with Gasteiger partial charge in [0, 0.05) is 50.5 Å². The van der Waals surface area contributed by atoms with Gasteiger partial charge in [-0.05, 0) is 6.07 Å². The van der Waals surface area contributed by atoms with Crippen molar-refractivity contribution in [2.24, 2.45) is 0 Å². The van der Waals surface area contributed by atoms with Gasteiger partial charge >= 0.3 is 5.97 Å². The van der Waals surface area contributed by atoms with Crippen molar-refractivity contribution in [3.05, 3.63) is 17.7 Å². The molecule has 1 aromatic rings. The van der Waals surface area contributed by atoms with Gasteiger partial charge in [0.2, 0.25) is 11.7 Å². The van der Waals surface area contributed by atoms with Gasteiger partial charge in [0.1, 0.15) is 0 Å². The molecule has 162 valence electrons. The number of carbonyl (C=O) groups excluding carboxylic acids is 2. The normalized spacial score (nSPS) is 14.4. The van der Waals surface area contributed by atoms with Crippen molar-refractivity contribution in [2.45, 2.75) is 13.0 Å². The molecule has 1 saturated heterocycles. The number of hydrogen-bond acceptors (Lipinski definition) is 8. The molecule has 0 atom stereocenters. The maximum atomic E-state index is 12.4. The molecule has 29 heavy (non-hydrogen) atoms. The van der Waals surface area contributed by atoms with Gasteiger partial charge in [-0.15, -0.1) is 11.8 Å². The predicted molar refractivity (Wildman–Crippen MR) is 112 cm³/mol. The summed E-state index contributed by atoms with van der Waals surface area (Å²) >= 11 is 1.42. The molecule has 0 N–H and O–H groups in total. The Morgan fingerprint density at radius 1 is 0.966 bits per heavy atom. The van der Waals surface area contributed by atoms with Gasteiger partial charge in [0.25, 0.3) is 0 Å². The minimum absolute atomic E-state index is 0.130. The van der Waals surface area contributed by atoms with Crippen LogP contribution in [0.1, 0.15) is 12.0 Å². The lowest BCUT2D eigenvalue weighted by atomic mass is 10.1. The first-order valence-corrected chi connectivity index (χ1v) is 10.6. The number of esters is 1. The average Bonchev–Trinajstić information content (AvgIpc) is 2.76. The van der Waals surface area contributed by atoms with E-state index < -0.39 is 0 Å². The summed E-state index contributed by atoms with van der Waals surface area (Å²) in [6, 6.07) is 3.86. The SMILES string of the molecule is COC(=O)CSCCC(=O)N1CCN(Cc2ccc(OC)c(OC)c2OC)CC1. The number of ether oxygens (including phenoxy) is 4. The van der Waals surface area contributed by atoms with Crippen LogP contribution in [0.3, 0.4) is 0 Å². The molecule has 0 bridgehead atoms. The van der Waals surface area contributed by atoms with E-state index in [1.54, 1.807) is 21.3 Å². The molecule has 0 aromatic heterocycles. The smallest absolute Gasteiger partial charge is 0.315 e. The number of benzene rings is 1. The molecular formula is C20H30N2O6S. The minimum atomic E-state index is -0.262. The zero-order chi connectivity index (χ0) is 21.2. The Morgan fingerprint density at radius 3 is 2.24 bits per heavy atom. The molecular weight excluding hydrogens is 396 g/mol. The number of hydrogen-bond donors (Lipinski definition) is 0. The van der Waals surface area contributed by atoms with E-state index in [0.29, 0.717) is 49.1 Å². The lowest BCUT2D eigenvalue weighted by Gasteiger charge is -2.35. The second kappa shape index (κ2) is 11.8. The zero-order valence-corrected chi connectivity index (χ0v) is 18.4. The van der Waals surface area contributed by atoms with Crippen LogP contribution >= 0.6 is 11.8 Å². The summed E-state index contributed by atoms with van der Waals surface area (Å²) in [5.41, 5.74) is 1.02. The van der Waals surface area contributed by atoms with Crippen molar-refractivity contribution in [1.29, 1.82) is 0 Å². The van der Waals surface area contributed by atoms with Crippen LogP contribution in [0.2, 0.25) is 0 Å². The van der Waals surface area contributed by atoms with Gasteiger partial charge in [-0.1, -0.05) is 6.07 Å². The van der Waals surface area contributed by atoms with E-state index >= 15 is 0 Å². The highest BCUT2D eigenvalue weighted by Crippen LogP contribution is 2.40. The summed E-state index contributed by atoms with van der Waals surface area (Å²) in [5, 5.41) is 0. The molecule has 1 heterocycles. The van der Waals surface area contributed by atoms with Crippen LogP contribution in [0.15, 0.2) is 12.1 Å². The van der Waals surface area contributed by atoms with Gasteiger partial charge in [0.05, 0.1) is 34.2 Å². The molecule has 8 nitrogen and oxygen atoms in total. The molecule has 1 aliphatic rings. The fraction of sp³-hybridized carbons (Fsp3) is 0.600. The molecule has 1 fully saturated rings. The van der Waals surface area contributed by atoms with Crippen molar-refractivity contribution in [3.8, 4) is 17.2 Å². The Labute approximate surface area is 176 Å². The highest BCUT2D eigenvalue weighted by molar-refractivity contribution is 7.99. The summed E-state index contributed by atoms with van der Waals surface area (Å²) in [6.07, 6.45) is 0.436. The third-order valence-electron chi connectivity index (χ3n) is 4.81. The van der Waals surface area contributed by atoms with E-state index in [0.717, 1.165) is 18.7 Å². The standard InChI is InChI=1S/C20H30N2O6S/c1-25-16-6-5-15(19(27-3)20(16)28-4)13-21-8-10-22(11-9-21)17(23)7-12-29-14-18(24)26-2/h5-6H,7-14H2,1-4H3. The maximum Gasteiger partial charge on any atom is 0.315 e. The van der Waals surface area contributed by atoms with Crippen LogP contribution in [-0.4, -0.2) is 87.8 Å². The van der Waals surface area contributed by atoms with Crippen molar-refractivity contribution < 1.29 is 28.5 Å². The second-order valence-electron chi connectivity index (χ2n) is 6.53. The number of piperazine rings is 1. The Hall–Kier alpha value is -2.13. The quantitative estimate of drug-likeness (QED) is 0.413. The monoisotopic (exact) mass is 426 g/mol. The van der Waals surface area contributed by atoms with E-state index in [-0.39, 0.29) is 17.6 Å². The van der Waals surface area contributed by atoms with Crippen LogP contribution in [0.25, 0.3) is 0 Å². The Bertz CT molecular complexity index is 692. The minimum Gasteiger partial charge on any atom is -0.493 e. The number of rotatable bonds is 10. The van der Waals surface area contributed by atoms with E-state index in [1.807, 2.05) is 17.0 Å². The summed E-state index contributed by atoms with van der Waals surface area (Å²) in [5.74, 6) is 2.67. The van der Waals surface area contributed by atoms with Gasteiger partial charge in [-0.3, -0.25) is 14.5 Å². The first-order valence-electron chi connectivity index (χ1n) is 9.46. The number of carbonyl (C=O) groups is 2. The molecule has 1 aliphatic heterocycles. The fourth-order valence-corrected chi connectivity index (χ4v) is 3.96.